The number of carbonyl (C=O) groups excluding carboxylic acids is 3. The van der Waals surface area contributed by atoms with E-state index >= 15 is 0 Å². The number of amides is 3. The Labute approximate surface area is 237 Å². The number of hydrogen-bond donors (Lipinski definition) is 5. The molecule has 14 nitrogen and oxygen atoms in total. The first-order valence-corrected chi connectivity index (χ1v) is 13.9. The van der Waals surface area contributed by atoms with Crippen LogP contribution in [0.5, 0.6) is 0 Å². The van der Waals surface area contributed by atoms with Gasteiger partial charge in [-0.2, -0.15) is 8.42 Å². The molecule has 1 aromatic heterocycles. The van der Waals surface area contributed by atoms with Crippen LogP contribution in [0.25, 0.3) is 5.69 Å². The van der Waals surface area contributed by atoms with Gasteiger partial charge in [0, 0.05) is 31.4 Å². The predicted molar refractivity (Wildman–Crippen MR) is 154 cm³/mol. The van der Waals surface area contributed by atoms with Crippen molar-refractivity contribution >= 4 is 39.5 Å². The number of benzene rings is 2. The Morgan fingerprint density at radius 1 is 0.902 bits per heavy atom. The summed E-state index contributed by atoms with van der Waals surface area (Å²) in [6.07, 6.45) is 0. The molecule has 0 fully saturated rings. The molecule has 0 aliphatic carbocycles. The zero-order chi connectivity index (χ0) is 30.7. The summed E-state index contributed by atoms with van der Waals surface area (Å²) in [4.78, 5) is 52.2. The highest BCUT2D eigenvalue weighted by Gasteiger charge is 2.19. The van der Waals surface area contributed by atoms with Gasteiger partial charge >= 0.3 is 22.2 Å². The van der Waals surface area contributed by atoms with Gasteiger partial charge in [-0.3, -0.25) is 33.0 Å². The van der Waals surface area contributed by atoms with Gasteiger partial charge in [0.15, 0.2) is 0 Å². The average Bonchev–Trinajstić information content (AvgIpc) is 3.13. The fourth-order valence-electron chi connectivity index (χ4n) is 3.74. The van der Waals surface area contributed by atoms with Gasteiger partial charge in [0.05, 0.1) is 11.4 Å². The first kappa shape index (κ1) is 32.9. The molecule has 0 unspecified atom stereocenters. The molecular formula is C26H34N6O8S. The molecule has 15 heteroatoms. The van der Waals surface area contributed by atoms with Crippen LogP contribution >= 0.6 is 0 Å². The summed E-state index contributed by atoms with van der Waals surface area (Å²) in [7, 11) is -2.92. The van der Waals surface area contributed by atoms with Crippen LogP contribution in [0.1, 0.15) is 29.9 Å². The molecule has 0 atom stereocenters. The average molecular weight is 591 g/mol. The van der Waals surface area contributed by atoms with Crippen molar-refractivity contribution in [2.45, 2.75) is 20.8 Å². The highest BCUT2D eigenvalue weighted by molar-refractivity contribution is 7.79. The molecule has 3 aromatic rings. The summed E-state index contributed by atoms with van der Waals surface area (Å²) in [6.45, 7) is 8.58. The highest BCUT2D eigenvalue weighted by Crippen LogP contribution is 2.16. The van der Waals surface area contributed by atoms with E-state index in [-0.39, 0.29) is 11.2 Å². The Morgan fingerprint density at radius 2 is 1.46 bits per heavy atom. The fraction of sp³-hybridized carbons (Fsp3) is 0.308. The van der Waals surface area contributed by atoms with E-state index < -0.39 is 28.1 Å². The van der Waals surface area contributed by atoms with Crippen LogP contribution in [0.2, 0.25) is 0 Å². The Balaban J connectivity index is 0.00000108. The molecule has 0 saturated heterocycles. The van der Waals surface area contributed by atoms with Crippen LogP contribution in [0.3, 0.4) is 0 Å². The first-order valence-electron chi connectivity index (χ1n) is 12.5. The van der Waals surface area contributed by atoms with Crippen LogP contribution < -0.4 is 21.5 Å². The predicted octanol–water partition coefficient (Wildman–Crippen LogP) is 1.48. The summed E-state index contributed by atoms with van der Waals surface area (Å²) < 4.78 is 34.7. The van der Waals surface area contributed by atoms with E-state index in [4.69, 9.17) is 17.5 Å². The second kappa shape index (κ2) is 14.9. The lowest BCUT2D eigenvalue weighted by Crippen LogP contribution is -2.40. The van der Waals surface area contributed by atoms with Crippen molar-refractivity contribution in [3.63, 3.8) is 0 Å². The lowest BCUT2D eigenvalue weighted by molar-refractivity contribution is -0.136. The van der Waals surface area contributed by atoms with Crippen molar-refractivity contribution in [1.29, 1.82) is 0 Å². The molecule has 0 aliphatic heterocycles. The number of aromatic nitrogens is 2. The molecule has 0 aliphatic rings. The first-order chi connectivity index (χ1) is 19.3. The molecule has 41 heavy (non-hydrogen) atoms. The number of para-hydroxylation sites is 1. The quantitative estimate of drug-likeness (QED) is 0.181. The number of likely N-dealkylation sites (N-methyl/N-ethyl adjacent to an activating group) is 1. The maximum absolute atomic E-state index is 13.0. The molecule has 1 heterocycles. The lowest BCUT2D eigenvalue weighted by Gasteiger charge is -2.17. The van der Waals surface area contributed by atoms with Crippen LogP contribution in [0, 0.1) is 6.92 Å². The molecule has 5 N–H and O–H groups in total. The number of rotatable bonds is 9. The number of carbonyl (C=O) groups is 3. The minimum atomic E-state index is -4.67. The zero-order valence-electron chi connectivity index (χ0n) is 23.1. The lowest BCUT2D eigenvalue weighted by atomic mass is 10.2. The smallest absolute Gasteiger partial charge is 0.347 e. The maximum Gasteiger partial charge on any atom is 0.394 e. The molecule has 3 rings (SSSR count). The summed E-state index contributed by atoms with van der Waals surface area (Å²) in [6, 6.07) is 15.2. The van der Waals surface area contributed by atoms with Gasteiger partial charge in [-0.15, -0.1) is 0 Å². The van der Waals surface area contributed by atoms with E-state index in [9.17, 15) is 19.2 Å². The molecule has 2 aromatic carbocycles. The third kappa shape index (κ3) is 9.99. The van der Waals surface area contributed by atoms with E-state index in [0.717, 1.165) is 13.1 Å². The van der Waals surface area contributed by atoms with Crippen molar-refractivity contribution < 1.29 is 31.9 Å². The standard InChI is InChI=1S/C26H32N6O4.H2O4S/c1-5-31(6-2)17-16-27-24(34)25(35)28-20-14-12-19(13-15-20)23(33)29-22-18(3)30(4)32(26(22)36)21-10-8-7-9-11-21;1-5(2,3)4/h7-15H,5-6,16-17H2,1-4H3,(H,27,34)(H,28,35)(H,29,33);(H2,1,2,3,4). The van der Waals surface area contributed by atoms with E-state index in [1.54, 1.807) is 18.7 Å². The number of nitrogens with one attached hydrogen (secondary N) is 3. The van der Waals surface area contributed by atoms with Crippen LogP contribution in [-0.4, -0.2) is 75.7 Å². The zero-order valence-corrected chi connectivity index (χ0v) is 23.9. The number of nitrogens with zero attached hydrogens (tertiary/aromatic N) is 3. The molecule has 0 bridgehead atoms. The van der Waals surface area contributed by atoms with E-state index in [2.05, 4.69) is 20.9 Å². The van der Waals surface area contributed by atoms with Gasteiger partial charge in [-0.1, -0.05) is 32.0 Å². The maximum atomic E-state index is 13.0. The molecule has 0 saturated carbocycles. The number of anilines is 2. The molecule has 3 amide bonds. The van der Waals surface area contributed by atoms with E-state index in [0.29, 0.717) is 35.7 Å². The van der Waals surface area contributed by atoms with E-state index in [1.165, 1.54) is 28.9 Å². The van der Waals surface area contributed by atoms with Crippen molar-refractivity contribution in [1.82, 2.24) is 19.6 Å². The fourth-order valence-corrected chi connectivity index (χ4v) is 3.74. The summed E-state index contributed by atoms with van der Waals surface area (Å²) in [5.41, 5.74) is 1.80. The SMILES string of the molecule is CCN(CC)CCNC(=O)C(=O)Nc1ccc(C(=O)Nc2c(C)n(C)n(-c3ccccc3)c2=O)cc1.O=S(=O)(O)O. The molecule has 0 spiro atoms. The van der Waals surface area contributed by atoms with Gasteiger partial charge in [0.2, 0.25) is 0 Å². The van der Waals surface area contributed by atoms with Crippen molar-refractivity contribution in [3.05, 3.63) is 76.2 Å². The van der Waals surface area contributed by atoms with Crippen molar-refractivity contribution in [2.75, 3.05) is 36.8 Å². The van der Waals surface area contributed by atoms with Gasteiger partial charge in [-0.25, -0.2) is 4.68 Å². The third-order valence-electron chi connectivity index (χ3n) is 6.01. The minimum absolute atomic E-state index is 0.185. The summed E-state index contributed by atoms with van der Waals surface area (Å²) >= 11 is 0. The summed E-state index contributed by atoms with van der Waals surface area (Å²) in [5.74, 6) is -1.97. The van der Waals surface area contributed by atoms with Crippen molar-refractivity contribution in [2.24, 2.45) is 7.05 Å². The second-order valence-corrected chi connectivity index (χ2v) is 9.55. The van der Waals surface area contributed by atoms with Gasteiger partial charge < -0.3 is 20.9 Å². The van der Waals surface area contributed by atoms with Crippen LogP contribution in [-0.2, 0) is 27.0 Å². The topological polar surface area (TPSA) is 192 Å². The van der Waals surface area contributed by atoms with Gasteiger partial charge in [0.1, 0.15) is 5.69 Å². The third-order valence-corrected chi connectivity index (χ3v) is 6.01. The Morgan fingerprint density at radius 3 is 2.00 bits per heavy atom. The normalized spacial score (nSPS) is 10.9. The van der Waals surface area contributed by atoms with Gasteiger partial charge in [-0.05, 0) is 56.4 Å². The summed E-state index contributed by atoms with van der Waals surface area (Å²) in [5, 5.41) is 7.81. The molecular weight excluding hydrogens is 556 g/mol. The van der Waals surface area contributed by atoms with Crippen molar-refractivity contribution in [3.8, 4) is 5.69 Å². The minimum Gasteiger partial charge on any atom is -0.347 e. The number of hydrogen-bond acceptors (Lipinski definition) is 7. The largest absolute Gasteiger partial charge is 0.394 e. The Bertz CT molecular complexity index is 1500. The van der Waals surface area contributed by atoms with E-state index in [1.807, 2.05) is 44.2 Å². The Kier molecular flexibility index (Phi) is 12.0. The van der Waals surface area contributed by atoms with Gasteiger partial charge in [0.25, 0.3) is 11.5 Å². The molecule has 222 valence electrons. The Hall–Kier alpha value is -4.31. The highest BCUT2D eigenvalue weighted by atomic mass is 32.3. The van der Waals surface area contributed by atoms with Crippen LogP contribution in [0.4, 0.5) is 11.4 Å². The molecule has 0 radical (unpaired) electrons. The van der Waals surface area contributed by atoms with Crippen LogP contribution in [0.15, 0.2) is 59.4 Å². The second-order valence-electron chi connectivity index (χ2n) is 8.65. The monoisotopic (exact) mass is 590 g/mol.